The van der Waals surface area contributed by atoms with Gasteiger partial charge in [-0.2, -0.15) is 18.2 Å². The van der Waals surface area contributed by atoms with E-state index in [1.165, 1.54) is 6.07 Å². The number of sulfonamides is 1. The first-order valence-corrected chi connectivity index (χ1v) is 12.2. The van der Waals surface area contributed by atoms with Gasteiger partial charge < -0.3 is 16.0 Å². The average molecular weight is 507 g/mol. The normalized spacial score (nSPS) is 13.2. The molecule has 0 atom stereocenters. The van der Waals surface area contributed by atoms with Crippen LogP contribution in [0.4, 0.5) is 42.0 Å². The van der Waals surface area contributed by atoms with E-state index in [1.807, 2.05) is 0 Å². The maximum Gasteiger partial charge on any atom is 0.421 e. The highest BCUT2D eigenvalue weighted by Crippen LogP contribution is 2.36. The molecule has 1 aromatic heterocycles. The molecule has 35 heavy (non-hydrogen) atoms. The summed E-state index contributed by atoms with van der Waals surface area (Å²) in [4.78, 5) is 19.5. The van der Waals surface area contributed by atoms with E-state index in [0.717, 1.165) is 17.4 Å². The Kier molecular flexibility index (Phi) is 6.28. The summed E-state index contributed by atoms with van der Waals surface area (Å²) in [6.07, 6.45) is -2.83. The topological polar surface area (TPSA) is 125 Å². The Hall–Kier alpha value is -3.87. The zero-order valence-corrected chi connectivity index (χ0v) is 19.4. The molecule has 1 aliphatic rings. The van der Waals surface area contributed by atoms with Crippen LogP contribution in [0.15, 0.2) is 42.6 Å². The summed E-state index contributed by atoms with van der Waals surface area (Å²) < 4.78 is 66.2. The van der Waals surface area contributed by atoms with Crippen LogP contribution in [0.2, 0.25) is 0 Å². The van der Waals surface area contributed by atoms with Crippen LogP contribution in [0.1, 0.15) is 22.3 Å². The summed E-state index contributed by atoms with van der Waals surface area (Å²) in [7, 11) is -3.52. The molecular formula is C22H21F3N6O3S. The number of amides is 1. The lowest BCUT2D eigenvalue weighted by atomic mass is 10.1. The second kappa shape index (κ2) is 9.06. The van der Waals surface area contributed by atoms with E-state index in [1.54, 1.807) is 37.3 Å². The monoisotopic (exact) mass is 506 g/mol. The third-order valence-corrected chi connectivity index (χ3v) is 5.81. The van der Waals surface area contributed by atoms with Gasteiger partial charge in [0.1, 0.15) is 11.4 Å². The number of carbonyl (C=O) groups is 1. The molecule has 0 aliphatic carbocycles. The number of rotatable bonds is 7. The zero-order chi connectivity index (χ0) is 25.4. The Bertz CT molecular complexity index is 1410. The second-order valence-corrected chi connectivity index (χ2v) is 9.76. The fourth-order valence-electron chi connectivity index (χ4n) is 3.58. The van der Waals surface area contributed by atoms with Crippen molar-refractivity contribution in [3.8, 4) is 0 Å². The van der Waals surface area contributed by atoms with Gasteiger partial charge >= 0.3 is 6.18 Å². The van der Waals surface area contributed by atoms with Crippen molar-refractivity contribution in [3.63, 3.8) is 0 Å². The van der Waals surface area contributed by atoms with Gasteiger partial charge in [-0.3, -0.25) is 9.52 Å². The van der Waals surface area contributed by atoms with Gasteiger partial charge in [-0.25, -0.2) is 13.4 Å². The number of hydrogen-bond donors (Lipinski definition) is 4. The van der Waals surface area contributed by atoms with Crippen LogP contribution >= 0.6 is 0 Å². The summed E-state index contributed by atoms with van der Waals surface area (Å²) in [5, 5.41) is 8.27. The van der Waals surface area contributed by atoms with Gasteiger partial charge in [-0.15, -0.1) is 0 Å². The van der Waals surface area contributed by atoms with Crippen molar-refractivity contribution in [1.82, 2.24) is 9.97 Å². The summed E-state index contributed by atoms with van der Waals surface area (Å²) in [6, 6.07) is 9.89. The lowest BCUT2D eigenvalue weighted by Crippen LogP contribution is -2.15. The molecule has 4 N–H and O–H groups in total. The molecular weight excluding hydrogens is 485 g/mol. The Morgan fingerprint density at radius 1 is 1.17 bits per heavy atom. The van der Waals surface area contributed by atoms with Crippen molar-refractivity contribution in [2.24, 2.45) is 0 Å². The Morgan fingerprint density at radius 3 is 2.66 bits per heavy atom. The van der Waals surface area contributed by atoms with E-state index in [2.05, 4.69) is 30.6 Å². The second-order valence-electron chi connectivity index (χ2n) is 8.01. The van der Waals surface area contributed by atoms with Crippen LogP contribution in [0.3, 0.4) is 0 Å². The van der Waals surface area contributed by atoms with Gasteiger partial charge in [0.25, 0.3) is 0 Å². The van der Waals surface area contributed by atoms with Crippen LogP contribution in [-0.4, -0.2) is 30.5 Å². The van der Waals surface area contributed by atoms with Crippen molar-refractivity contribution in [1.29, 1.82) is 0 Å². The number of fused-ring (bicyclic) bond motifs is 1. The van der Waals surface area contributed by atoms with Crippen molar-refractivity contribution >= 4 is 44.8 Å². The summed E-state index contributed by atoms with van der Waals surface area (Å²) in [6.45, 7) is 1.70. The molecule has 1 amide bonds. The lowest BCUT2D eigenvalue weighted by molar-refractivity contribution is -0.137. The third-order valence-electron chi connectivity index (χ3n) is 5.21. The predicted octanol–water partition coefficient (Wildman–Crippen LogP) is 4.03. The number of carbonyl (C=O) groups excluding carboxylic acids is 1. The lowest BCUT2D eigenvalue weighted by Gasteiger charge is -2.17. The predicted molar refractivity (Wildman–Crippen MR) is 126 cm³/mol. The molecule has 13 heteroatoms. The maximum atomic E-state index is 13.6. The number of benzene rings is 2. The number of para-hydroxylation sites is 1. The Labute approximate surface area is 199 Å². The largest absolute Gasteiger partial charge is 0.421 e. The van der Waals surface area contributed by atoms with Gasteiger partial charge in [-0.1, -0.05) is 18.2 Å². The first-order chi connectivity index (χ1) is 16.4. The Balaban J connectivity index is 1.61. The number of anilines is 5. The van der Waals surface area contributed by atoms with E-state index in [4.69, 9.17) is 0 Å². The highest BCUT2D eigenvalue weighted by Gasteiger charge is 2.35. The number of nitrogens with one attached hydrogen (secondary N) is 4. The molecule has 1 aliphatic heterocycles. The smallest absolute Gasteiger partial charge is 0.365 e. The Morgan fingerprint density at radius 2 is 1.94 bits per heavy atom. The van der Waals surface area contributed by atoms with Gasteiger partial charge in [0.15, 0.2) is 0 Å². The number of aryl methyl sites for hydroxylation is 1. The third kappa shape index (κ3) is 5.80. The number of aromatic nitrogens is 2. The SMILES string of the molecule is Cc1ccc(NS(C)(=O)=O)cc1CNc1nc(Nc2cccc3c2NC(=O)C3)ncc1C(F)(F)F. The molecule has 0 unspecified atom stereocenters. The van der Waals surface area contributed by atoms with Gasteiger partial charge in [0.05, 0.1) is 24.1 Å². The molecule has 0 bridgehead atoms. The number of halogens is 3. The molecule has 0 saturated carbocycles. The van der Waals surface area contributed by atoms with E-state index < -0.39 is 27.6 Å². The highest BCUT2D eigenvalue weighted by atomic mass is 32.2. The molecule has 0 spiro atoms. The van der Waals surface area contributed by atoms with Crippen molar-refractivity contribution in [2.75, 3.05) is 26.9 Å². The minimum atomic E-state index is -4.71. The van der Waals surface area contributed by atoms with Gasteiger partial charge in [0.2, 0.25) is 21.9 Å². The van der Waals surface area contributed by atoms with Crippen LogP contribution in [0.25, 0.3) is 0 Å². The summed E-state index contributed by atoms with van der Waals surface area (Å²) >= 11 is 0. The van der Waals surface area contributed by atoms with E-state index in [0.29, 0.717) is 23.1 Å². The van der Waals surface area contributed by atoms with Crippen LogP contribution < -0.4 is 20.7 Å². The molecule has 2 heterocycles. The standard InChI is InChI=1S/C22H21F3N6O3S/c1-12-6-7-15(31-35(2,33)34)8-14(12)10-26-20-16(22(23,24)25)11-27-21(30-20)28-17-5-3-4-13-9-18(32)29-19(13)17/h3-8,11,31H,9-10H2,1-2H3,(H,29,32)(H2,26,27,28,30). The summed E-state index contributed by atoms with van der Waals surface area (Å²) in [5.41, 5.74) is 2.28. The van der Waals surface area contributed by atoms with Crippen LogP contribution in [-0.2, 0) is 34.0 Å². The molecule has 9 nitrogen and oxygen atoms in total. The minimum Gasteiger partial charge on any atom is -0.365 e. The quantitative estimate of drug-likeness (QED) is 0.381. The van der Waals surface area contributed by atoms with Gasteiger partial charge in [-0.05, 0) is 41.8 Å². The minimum absolute atomic E-state index is 0.0541. The molecule has 0 saturated heterocycles. The van der Waals surface area contributed by atoms with E-state index >= 15 is 0 Å². The van der Waals surface area contributed by atoms with Crippen molar-refractivity contribution < 1.29 is 26.4 Å². The molecule has 3 aromatic rings. The van der Waals surface area contributed by atoms with Gasteiger partial charge in [0, 0.05) is 18.4 Å². The fraction of sp³-hybridized carbons (Fsp3) is 0.227. The number of nitrogens with zero attached hydrogens (tertiary/aromatic N) is 2. The first kappa shape index (κ1) is 24.3. The van der Waals surface area contributed by atoms with Crippen molar-refractivity contribution in [3.05, 3.63) is 64.8 Å². The molecule has 2 aromatic carbocycles. The maximum absolute atomic E-state index is 13.6. The van der Waals surface area contributed by atoms with Crippen molar-refractivity contribution in [2.45, 2.75) is 26.1 Å². The van der Waals surface area contributed by atoms with E-state index in [9.17, 15) is 26.4 Å². The fourth-order valence-corrected chi connectivity index (χ4v) is 4.13. The molecule has 0 radical (unpaired) electrons. The molecule has 0 fully saturated rings. The molecule has 4 rings (SSSR count). The van der Waals surface area contributed by atoms with Crippen LogP contribution in [0.5, 0.6) is 0 Å². The van der Waals surface area contributed by atoms with E-state index in [-0.39, 0.29) is 30.5 Å². The molecule has 184 valence electrons. The number of hydrogen-bond acceptors (Lipinski definition) is 7. The summed E-state index contributed by atoms with van der Waals surface area (Å²) in [5.74, 6) is -0.736. The average Bonchev–Trinajstić information content (AvgIpc) is 3.14. The zero-order valence-electron chi connectivity index (χ0n) is 18.6. The highest BCUT2D eigenvalue weighted by molar-refractivity contribution is 7.92. The van der Waals surface area contributed by atoms with Crippen LogP contribution in [0, 0.1) is 6.92 Å². The number of alkyl halides is 3. The first-order valence-electron chi connectivity index (χ1n) is 10.3.